The van der Waals surface area contributed by atoms with Crippen molar-refractivity contribution in [2.24, 2.45) is 0 Å². The minimum Gasteiger partial charge on any atom is -0.314 e. The van der Waals surface area contributed by atoms with Gasteiger partial charge in [-0.15, -0.1) is 11.3 Å². The fraction of sp³-hybridized carbons (Fsp3) is 0.0500. The van der Waals surface area contributed by atoms with E-state index in [4.69, 9.17) is 0 Å². The van der Waals surface area contributed by atoms with E-state index in [0.29, 0.717) is 0 Å². The van der Waals surface area contributed by atoms with Gasteiger partial charge in [0.25, 0.3) is 0 Å². The van der Waals surface area contributed by atoms with Gasteiger partial charge in [0, 0.05) is 32.0 Å². The molecule has 0 radical (unpaired) electrons. The maximum atomic E-state index is 2.44. The highest BCUT2D eigenvalue weighted by molar-refractivity contribution is 7.20. The van der Waals surface area contributed by atoms with Crippen LogP contribution < -0.4 is 4.90 Å². The Morgan fingerprint density at radius 2 is 1.05 bits per heavy atom. The Balaban J connectivity index is 1.16. The number of anilines is 2. The van der Waals surface area contributed by atoms with Gasteiger partial charge in [0.05, 0.1) is 0 Å². The maximum Gasteiger partial charge on any atom is 0.0458 e. The molecule has 1 aliphatic rings. The molecule has 0 spiro atoms. The number of thiophene rings is 1. The zero-order valence-electron chi connectivity index (χ0n) is 23.2. The molecular weight excluding hydrogens is 527 g/mol. The van der Waals surface area contributed by atoms with Gasteiger partial charge in [-0.2, -0.15) is 0 Å². The molecule has 7 aromatic rings. The number of allylic oxidation sites excluding steroid dienone is 1. The third-order valence-electron chi connectivity index (χ3n) is 8.39. The summed E-state index contributed by atoms with van der Waals surface area (Å²) in [5.74, 6) is 0. The molecule has 0 bridgehead atoms. The first-order chi connectivity index (χ1) is 20.8. The second-order valence-corrected chi connectivity index (χ2v) is 12.0. The van der Waals surface area contributed by atoms with Gasteiger partial charge >= 0.3 is 0 Å². The average Bonchev–Trinajstić information content (AvgIpc) is 3.45. The maximum absolute atomic E-state index is 2.44. The first-order valence-corrected chi connectivity index (χ1v) is 15.4. The highest BCUT2D eigenvalue weighted by atomic mass is 32.1. The fourth-order valence-electron chi connectivity index (χ4n) is 6.32. The van der Waals surface area contributed by atoms with Crippen LogP contribution in [-0.4, -0.2) is 0 Å². The molecule has 0 unspecified atom stereocenters. The SMILES string of the molecule is C1=C(N(c2ccccc2)c2ccc(-c3ccc(-c4ccccc4)cc3)cc2)CCc2c1sc1ccc3ccccc3c21. The first-order valence-electron chi connectivity index (χ1n) is 14.6. The highest BCUT2D eigenvalue weighted by Crippen LogP contribution is 2.43. The summed E-state index contributed by atoms with van der Waals surface area (Å²) in [6.45, 7) is 0. The lowest BCUT2D eigenvalue weighted by molar-refractivity contribution is 0.906. The lowest BCUT2D eigenvalue weighted by Crippen LogP contribution is -2.18. The van der Waals surface area contributed by atoms with Gasteiger partial charge in [0.1, 0.15) is 0 Å². The van der Waals surface area contributed by atoms with Crippen LogP contribution in [0.3, 0.4) is 0 Å². The van der Waals surface area contributed by atoms with Crippen molar-refractivity contribution >= 4 is 49.6 Å². The summed E-state index contributed by atoms with van der Waals surface area (Å²) in [7, 11) is 0. The highest BCUT2D eigenvalue weighted by Gasteiger charge is 2.23. The number of fused-ring (bicyclic) bond motifs is 5. The van der Waals surface area contributed by atoms with Crippen molar-refractivity contribution in [2.45, 2.75) is 12.8 Å². The summed E-state index contributed by atoms with van der Waals surface area (Å²) in [4.78, 5) is 3.83. The standard InChI is InChI=1S/C40H29NS/c1-3-9-28(10-4-1)29-15-17-30(18-16-29)31-19-22-34(23-20-31)41(33-12-5-2-6-13-33)35-24-25-37-39(27-35)42-38-26-21-32-11-7-8-14-36(32)40(37)38/h1-23,26-27H,24-25H2. The summed E-state index contributed by atoms with van der Waals surface area (Å²) >= 11 is 1.92. The summed E-state index contributed by atoms with van der Waals surface area (Å²) in [5, 5.41) is 4.13. The van der Waals surface area contributed by atoms with Gasteiger partial charge in [-0.05, 0) is 87.8 Å². The Labute approximate surface area is 250 Å². The van der Waals surface area contributed by atoms with Crippen molar-refractivity contribution in [3.05, 3.63) is 162 Å². The minimum atomic E-state index is 1.000. The predicted octanol–water partition coefficient (Wildman–Crippen LogP) is 11.5. The van der Waals surface area contributed by atoms with E-state index in [0.717, 1.165) is 12.8 Å². The molecule has 1 aliphatic carbocycles. The van der Waals surface area contributed by atoms with Gasteiger partial charge in [-0.3, -0.25) is 0 Å². The molecular formula is C40H29NS. The van der Waals surface area contributed by atoms with E-state index in [1.54, 1.807) is 0 Å². The molecule has 0 amide bonds. The molecule has 0 saturated carbocycles. The molecule has 0 aliphatic heterocycles. The Hall–Kier alpha value is -4.92. The number of hydrogen-bond donors (Lipinski definition) is 0. The van der Waals surface area contributed by atoms with Crippen LogP contribution in [0.4, 0.5) is 11.4 Å². The molecule has 0 fully saturated rings. The lowest BCUT2D eigenvalue weighted by Gasteiger charge is -2.30. The number of hydrogen-bond acceptors (Lipinski definition) is 2. The van der Waals surface area contributed by atoms with Crippen molar-refractivity contribution < 1.29 is 0 Å². The molecule has 1 aromatic heterocycles. The molecule has 1 heterocycles. The number of rotatable bonds is 5. The molecule has 8 rings (SSSR count). The van der Waals surface area contributed by atoms with Crippen molar-refractivity contribution in [3.63, 3.8) is 0 Å². The monoisotopic (exact) mass is 555 g/mol. The molecule has 6 aromatic carbocycles. The third-order valence-corrected chi connectivity index (χ3v) is 9.54. The summed E-state index contributed by atoms with van der Waals surface area (Å²) < 4.78 is 1.38. The van der Waals surface area contributed by atoms with E-state index in [1.807, 2.05) is 11.3 Å². The van der Waals surface area contributed by atoms with Gasteiger partial charge in [-0.25, -0.2) is 0 Å². The van der Waals surface area contributed by atoms with Crippen molar-refractivity contribution in [1.29, 1.82) is 0 Å². The smallest absolute Gasteiger partial charge is 0.0458 e. The van der Waals surface area contributed by atoms with Crippen LogP contribution in [0.15, 0.2) is 151 Å². The van der Waals surface area contributed by atoms with E-state index >= 15 is 0 Å². The Bertz CT molecular complexity index is 2050. The van der Waals surface area contributed by atoms with Gasteiger partial charge in [-0.1, -0.05) is 115 Å². The lowest BCUT2D eigenvalue weighted by atomic mass is 9.95. The fourth-order valence-corrected chi connectivity index (χ4v) is 7.55. The zero-order valence-corrected chi connectivity index (χ0v) is 24.0. The quantitative estimate of drug-likeness (QED) is 0.204. The second-order valence-electron chi connectivity index (χ2n) is 10.9. The number of nitrogens with zero attached hydrogens (tertiary/aromatic N) is 1. The summed E-state index contributed by atoms with van der Waals surface area (Å²) in [5.41, 5.74) is 10.2. The van der Waals surface area contributed by atoms with Crippen LogP contribution in [0, 0.1) is 0 Å². The van der Waals surface area contributed by atoms with Crippen LogP contribution in [0.5, 0.6) is 0 Å². The van der Waals surface area contributed by atoms with Crippen molar-refractivity contribution in [1.82, 2.24) is 0 Å². The Kier molecular flexibility index (Phi) is 6.20. The van der Waals surface area contributed by atoms with Crippen LogP contribution in [0.25, 0.3) is 49.2 Å². The first kappa shape index (κ1) is 24.8. The van der Waals surface area contributed by atoms with E-state index in [1.165, 1.54) is 70.6 Å². The summed E-state index contributed by atoms with van der Waals surface area (Å²) in [6, 6.07) is 52.6. The second kappa shape index (κ2) is 10.5. The molecule has 0 saturated heterocycles. The van der Waals surface area contributed by atoms with E-state index < -0.39 is 0 Å². The van der Waals surface area contributed by atoms with Crippen LogP contribution in [0.1, 0.15) is 16.9 Å². The molecule has 2 heteroatoms. The normalized spacial score (nSPS) is 12.7. The zero-order chi connectivity index (χ0) is 27.9. The number of aryl methyl sites for hydroxylation is 1. The molecule has 42 heavy (non-hydrogen) atoms. The largest absolute Gasteiger partial charge is 0.314 e. The minimum absolute atomic E-state index is 1.000. The number of para-hydroxylation sites is 1. The van der Waals surface area contributed by atoms with Gasteiger partial charge in [0.15, 0.2) is 0 Å². The van der Waals surface area contributed by atoms with E-state index in [2.05, 4.69) is 157 Å². The van der Waals surface area contributed by atoms with Gasteiger partial charge < -0.3 is 4.90 Å². The van der Waals surface area contributed by atoms with Crippen molar-refractivity contribution in [3.8, 4) is 22.3 Å². The predicted molar refractivity (Wildman–Crippen MR) is 182 cm³/mol. The van der Waals surface area contributed by atoms with Crippen LogP contribution in [-0.2, 0) is 6.42 Å². The molecule has 1 nitrogen and oxygen atoms in total. The van der Waals surface area contributed by atoms with Gasteiger partial charge in [0.2, 0.25) is 0 Å². The molecule has 0 N–H and O–H groups in total. The van der Waals surface area contributed by atoms with Crippen LogP contribution in [0.2, 0.25) is 0 Å². The molecule has 200 valence electrons. The molecule has 0 atom stereocenters. The average molecular weight is 556 g/mol. The third kappa shape index (κ3) is 4.41. The van der Waals surface area contributed by atoms with E-state index in [-0.39, 0.29) is 0 Å². The number of benzene rings is 6. The van der Waals surface area contributed by atoms with Crippen molar-refractivity contribution in [2.75, 3.05) is 4.90 Å². The summed E-state index contributed by atoms with van der Waals surface area (Å²) in [6.07, 6.45) is 4.48. The van der Waals surface area contributed by atoms with Crippen LogP contribution >= 0.6 is 11.3 Å². The Morgan fingerprint density at radius 3 is 1.76 bits per heavy atom. The Morgan fingerprint density at radius 1 is 0.476 bits per heavy atom. The van der Waals surface area contributed by atoms with E-state index in [9.17, 15) is 0 Å². The topological polar surface area (TPSA) is 3.24 Å².